The molecule has 1 fully saturated rings. The molecule has 0 aromatic carbocycles. The molecule has 0 radical (unpaired) electrons. The Morgan fingerprint density at radius 2 is 2.25 bits per heavy atom. The number of nitrogens with one attached hydrogen (secondary N) is 1. The van der Waals surface area contributed by atoms with E-state index in [1.165, 1.54) is 4.68 Å². The summed E-state index contributed by atoms with van der Waals surface area (Å²) in [5.74, 6) is -0.280. The van der Waals surface area contributed by atoms with Crippen LogP contribution in [0, 0.1) is 0 Å². The second-order valence-electron chi connectivity index (χ2n) is 5.65. The van der Waals surface area contributed by atoms with Gasteiger partial charge in [-0.25, -0.2) is 4.98 Å². The van der Waals surface area contributed by atoms with Gasteiger partial charge in [-0.05, 0) is 18.9 Å². The van der Waals surface area contributed by atoms with E-state index in [1.54, 1.807) is 24.2 Å². The summed E-state index contributed by atoms with van der Waals surface area (Å²) in [7, 11) is 1.72. The first-order valence-electron chi connectivity index (χ1n) is 7.41. The maximum atomic E-state index is 12.7. The average Bonchev–Trinajstić information content (AvgIpc) is 3.16. The first-order valence-corrected chi connectivity index (χ1v) is 8.29. The lowest BCUT2D eigenvalue weighted by Crippen LogP contribution is -2.48. The molecule has 10 heteroatoms. The zero-order valence-corrected chi connectivity index (χ0v) is 13.7. The molecule has 1 atom stereocenters. The lowest BCUT2D eigenvalue weighted by Gasteiger charge is -2.32. The Hall–Kier alpha value is -2.10. The number of carbonyl (C=O) groups excluding carboxylic acids is 1. The van der Waals surface area contributed by atoms with Crippen LogP contribution in [0.15, 0.2) is 17.6 Å². The lowest BCUT2D eigenvalue weighted by molar-refractivity contribution is -0.140. The number of aryl methyl sites for hydroxylation is 1. The van der Waals surface area contributed by atoms with Crippen LogP contribution in [0.1, 0.15) is 29.0 Å². The van der Waals surface area contributed by atoms with Crippen LogP contribution in [-0.2, 0) is 13.2 Å². The quantitative estimate of drug-likeness (QED) is 0.913. The molecule has 0 bridgehead atoms. The first kappa shape index (κ1) is 16.7. The minimum atomic E-state index is -4.43. The van der Waals surface area contributed by atoms with Crippen molar-refractivity contribution in [3.8, 4) is 0 Å². The van der Waals surface area contributed by atoms with Gasteiger partial charge in [0.1, 0.15) is 5.69 Å². The number of alkyl halides is 3. The molecule has 2 aromatic heterocycles. The van der Waals surface area contributed by atoms with Gasteiger partial charge in [-0.2, -0.15) is 18.3 Å². The highest BCUT2D eigenvalue weighted by atomic mass is 32.1. The number of rotatable bonds is 3. The largest absolute Gasteiger partial charge is 0.434 e. The van der Waals surface area contributed by atoms with Gasteiger partial charge in [0.05, 0.1) is 0 Å². The number of amides is 1. The number of carbonyl (C=O) groups is 1. The zero-order chi connectivity index (χ0) is 17.3. The second-order valence-corrected chi connectivity index (χ2v) is 6.48. The van der Waals surface area contributed by atoms with E-state index in [9.17, 15) is 18.0 Å². The van der Waals surface area contributed by atoms with Crippen LogP contribution in [0.5, 0.6) is 0 Å². The van der Waals surface area contributed by atoms with Crippen LogP contribution in [0.3, 0.4) is 0 Å². The van der Waals surface area contributed by atoms with Crippen LogP contribution in [-0.4, -0.2) is 39.8 Å². The topological polar surface area (TPSA) is 63.1 Å². The van der Waals surface area contributed by atoms with E-state index < -0.39 is 11.9 Å². The summed E-state index contributed by atoms with van der Waals surface area (Å²) in [6.45, 7) is 1.06. The minimum absolute atomic E-state index is 0.147. The highest BCUT2D eigenvalue weighted by molar-refractivity contribution is 7.13. The molecule has 1 aliphatic heterocycles. The van der Waals surface area contributed by atoms with Crippen LogP contribution in [0.2, 0.25) is 0 Å². The zero-order valence-electron chi connectivity index (χ0n) is 12.9. The Morgan fingerprint density at radius 1 is 1.46 bits per heavy atom. The number of hydrogen-bond donors (Lipinski definition) is 1. The number of nitrogens with zero attached hydrogens (tertiary/aromatic N) is 4. The van der Waals surface area contributed by atoms with Gasteiger partial charge in [-0.15, -0.1) is 11.3 Å². The van der Waals surface area contributed by atoms with Crippen molar-refractivity contribution in [3.63, 3.8) is 0 Å². The van der Waals surface area contributed by atoms with Crippen LogP contribution in [0.4, 0.5) is 18.3 Å². The van der Waals surface area contributed by atoms with E-state index in [1.807, 2.05) is 0 Å². The number of aromatic nitrogens is 3. The van der Waals surface area contributed by atoms with Gasteiger partial charge < -0.3 is 10.2 Å². The molecule has 24 heavy (non-hydrogen) atoms. The lowest BCUT2D eigenvalue weighted by atomic mass is 10.1. The number of anilines is 1. The van der Waals surface area contributed by atoms with Crippen LogP contribution < -0.4 is 10.2 Å². The summed E-state index contributed by atoms with van der Waals surface area (Å²) in [5.41, 5.74) is -0.551. The number of thiazole rings is 1. The maximum Gasteiger partial charge on any atom is 0.434 e. The molecule has 130 valence electrons. The molecular weight excluding hydrogens is 343 g/mol. The molecule has 2 aromatic rings. The highest BCUT2D eigenvalue weighted by Crippen LogP contribution is 2.33. The number of halogens is 3. The summed E-state index contributed by atoms with van der Waals surface area (Å²) in [4.78, 5) is 17.6. The van der Waals surface area contributed by atoms with E-state index in [0.717, 1.165) is 29.6 Å². The SMILES string of the molecule is Cn1ccc(C(=O)NC2CCCN(c3nc(C(F)(F)F)cs3)C2)n1. The van der Waals surface area contributed by atoms with Crippen molar-refractivity contribution in [1.82, 2.24) is 20.1 Å². The van der Waals surface area contributed by atoms with Crippen molar-refractivity contribution in [2.24, 2.45) is 7.05 Å². The van der Waals surface area contributed by atoms with Gasteiger partial charge in [-0.3, -0.25) is 9.48 Å². The molecular formula is C14H16F3N5OS. The number of piperidine rings is 1. The third-order valence-electron chi connectivity index (χ3n) is 3.76. The fourth-order valence-corrected chi connectivity index (χ4v) is 3.47. The van der Waals surface area contributed by atoms with Crippen molar-refractivity contribution in [2.45, 2.75) is 25.1 Å². The highest BCUT2D eigenvalue weighted by Gasteiger charge is 2.35. The predicted molar refractivity (Wildman–Crippen MR) is 83.0 cm³/mol. The Labute approximate surface area is 140 Å². The van der Waals surface area contributed by atoms with E-state index in [4.69, 9.17) is 0 Å². The smallest absolute Gasteiger partial charge is 0.346 e. The van der Waals surface area contributed by atoms with Crippen molar-refractivity contribution >= 4 is 22.4 Å². The van der Waals surface area contributed by atoms with Crippen molar-refractivity contribution in [2.75, 3.05) is 18.0 Å². The van der Waals surface area contributed by atoms with Gasteiger partial charge in [0.2, 0.25) is 0 Å². The molecule has 1 amide bonds. The third kappa shape index (κ3) is 3.69. The fourth-order valence-electron chi connectivity index (χ4n) is 2.60. The van der Waals surface area contributed by atoms with Crippen LogP contribution in [0.25, 0.3) is 0 Å². The molecule has 0 saturated carbocycles. The van der Waals surface area contributed by atoms with Gasteiger partial charge in [0.15, 0.2) is 10.8 Å². The van der Waals surface area contributed by atoms with Crippen molar-refractivity contribution in [3.05, 3.63) is 29.0 Å². The van der Waals surface area contributed by atoms with Gasteiger partial charge >= 0.3 is 6.18 Å². The average molecular weight is 359 g/mol. The molecule has 1 saturated heterocycles. The van der Waals surface area contributed by atoms with Gasteiger partial charge in [0.25, 0.3) is 5.91 Å². The molecule has 6 nitrogen and oxygen atoms in total. The molecule has 1 N–H and O–H groups in total. The molecule has 1 aliphatic rings. The summed E-state index contributed by atoms with van der Waals surface area (Å²) < 4.78 is 39.5. The fraction of sp³-hybridized carbons (Fsp3) is 0.500. The van der Waals surface area contributed by atoms with Gasteiger partial charge in [0, 0.05) is 37.8 Å². The molecule has 3 rings (SSSR count). The minimum Gasteiger partial charge on any atom is -0.346 e. The van der Waals surface area contributed by atoms with E-state index in [2.05, 4.69) is 15.4 Å². The first-order chi connectivity index (χ1) is 11.3. The molecule has 0 spiro atoms. The van der Waals surface area contributed by atoms with E-state index in [0.29, 0.717) is 23.9 Å². The standard InChI is InChI=1S/C14H16F3N5OS/c1-21-6-4-10(20-21)12(23)18-9-3-2-5-22(7-9)13-19-11(8-24-13)14(15,16)17/h4,6,8-9H,2-3,5,7H2,1H3,(H,18,23). The Bertz CT molecular complexity index is 726. The molecule has 3 heterocycles. The van der Waals surface area contributed by atoms with Crippen LogP contribution >= 0.6 is 11.3 Å². The molecule has 1 unspecified atom stereocenters. The monoisotopic (exact) mass is 359 g/mol. The second kappa shape index (κ2) is 6.42. The summed E-state index contributed by atoms with van der Waals surface area (Å²) in [5, 5.41) is 8.27. The summed E-state index contributed by atoms with van der Waals surface area (Å²) in [6, 6.07) is 1.47. The Balaban J connectivity index is 1.64. The summed E-state index contributed by atoms with van der Waals surface area (Å²) >= 11 is 0.970. The van der Waals surface area contributed by atoms with Crippen molar-refractivity contribution < 1.29 is 18.0 Å². The maximum absolute atomic E-state index is 12.7. The normalized spacial score (nSPS) is 18.7. The third-order valence-corrected chi connectivity index (χ3v) is 4.66. The summed E-state index contributed by atoms with van der Waals surface area (Å²) in [6.07, 6.45) is -1.21. The van der Waals surface area contributed by atoms with Gasteiger partial charge in [-0.1, -0.05) is 0 Å². The Kier molecular flexibility index (Phi) is 4.48. The molecule has 0 aliphatic carbocycles. The number of hydrogen-bond acceptors (Lipinski definition) is 5. The predicted octanol–water partition coefficient (Wildman–Crippen LogP) is 2.29. The Morgan fingerprint density at radius 3 is 2.88 bits per heavy atom. The van der Waals surface area contributed by atoms with E-state index in [-0.39, 0.29) is 11.9 Å². The van der Waals surface area contributed by atoms with E-state index >= 15 is 0 Å². The van der Waals surface area contributed by atoms with Crippen molar-refractivity contribution in [1.29, 1.82) is 0 Å².